The number of rotatable bonds is 4. The molecule has 0 saturated heterocycles. The number of nitrogens with zero attached hydrogens (tertiary/aromatic N) is 1. The van der Waals surface area contributed by atoms with E-state index in [1.165, 1.54) is 12.0 Å². The molecule has 0 spiro atoms. The molecule has 2 aromatic rings. The molecule has 1 aromatic carbocycles. The van der Waals surface area contributed by atoms with Crippen LogP contribution in [0.4, 0.5) is 0 Å². The lowest BCUT2D eigenvalue weighted by atomic mass is 10.0. The van der Waals surface area contributed by atoms with Crippen molar-refractivity contribution in [1.82, 2.24) is 10.4 Å². The molecule has 1 aromatic heterocycles. The second kappa shape index (κ2) is 5.41. The number of halogens is 1. The molecule has 4 heteroatoms. The third-order valence-electron chi connectivity index (χ3n) is 3.76. The number of aromatic nitrogens is 1. The number of nitrogens with two attached hydrogens (primary N) is 1. The third kappa shape index (κ3) is 2.71. The van der Waals surface area contributed by atoms with Gasteiger partial charge in [0.1, 0.15) is 0 Å². The first kappa shape index (κ1) is 12.8. The Balaban J connectivity index is 1.79. The fourth-order valence-electron chi connectivity index (χ4n) is 2.73. The summed E-state index contributed by atoms with van der Waals surface area (Å²) >= 11 is 3.46. The topological polar surface area (TPSA) is 50.9 Å². The van der Waals surface area contributed by atoms with E-state index in [4.69, 9.17) is 5.84 Å². The van der Waals surface area contributed by atoms with Crippen LogP contribution in [0, 0.1) is 5.92 Å². The van der Waals surface area contributed by atoms with Crippen LogP contribution >= 0.6 is 15.9 Å². The van der Waals surface area contributed by atoms with E-state index in [0.29, 0.717) is 11.8 Å². The quantitative estimate of drug-likeness (QED) is 0.672. The van der Waals surface area contributed by atoms with Crippen molar-refractivity contribution in [2.45, 2.75) is 18.4 Å². The molecule has 3 atom stereocenters. The smallest absolute Gasteiger partial charge is 0.0509 e. The Kier molecular flexibility index (Phi) is 3.64. The van der Waals surface area contributed by atoms with Crippen molar-refractivity contribution in [2.75, 3.05) is 0 Å². The van der Waals surface area contributed by atoms with E-state index >= 15 is 0 Å². The second-order valence-corrected chi connectivity index (χ2v) is 5.91. The molecule has 1 heterocycles. The van der Waals surface area contributed by atoms with Crippen molar-refractivity contribution >= 4 is 15.9 Å². The molecule has 1 aliphatic rings. The van der Waals surface area contributed by atoms with Crippen LogP contribution in [0.1, 0.15) is 29.5 Å². The molecule has 19 heavy (non-hydrogen) atoms. The molecule has 98 valence electrons. The van der Waals surface area contributed by atoms with Gasteiger partial charge in [0.05, 0.1) is 6.04 Å². The van der Waals surface area contributed by atoms with Crippen LogP contribution < -0.4 is 11.3 Å². The lowest BCUT2D eigenvalue weighted by Gasteiger charge is -2.16. The standard InChI is InChI=1S/C15H16BrN3/c16-12-6-11(8-18-9-12)15(19-17)14-7-13(14)10-4-2-1-3-5-10/h1-6,8-9,13-15,19H,7,17H2. The Morgan fingerprint density at radius 2 is 2.05 bits per heavy atom. The number of benzene rings is 1. The Labute approximate surface area is 121 Å². The second-order valence-electron chi connectivity index (χ2n) is 5.00. The zero-order valence-electron chi connectivity index (χ0n) is 10.5. The molecule has 3 N–H and O–H groups in total. The van der Waals surface area contributed by atoms with Crippen LogP contribution in [-0.2, 0) is 0 Å². The van der Waals surface area contributed by atoms with Gasteiger partial charge >= 0.3 is 0 Å². The first-order chi connectivity index (χ1) is 9.29. The van der Waals surface area contributed by atoms with Gasteiger partial charge in [0, 0.05) is 16.9 Å². The van der Waals surface area contributed by atoms with E-state index in [1.807, 2.05) is 6.20 Å². The van der Waals surface area contributed by atoms with Gasteiger partial charge in [-0.15, -0.1) is 0 Å². The van der Waals surface area contributed by atoms with Gasteiger partial charge in [-0.2, -0.15) is 0 Å². The Morgan fingerprint density at radius 3 is 2.74 bits per heavy atom. The molecule has 0 radical (unpaired) electrons. The molecular weight excluding hydrogens is 302 g/mol. The van der Waals surface area contributed by atoms with E-state index in [0.717, 1.165) is 10.0 Å². The average Bonchev–Trinajstić information content (AvgIpc) is 3.21. The predicted octanol–water partition coefficient (Wildman–Crippen LogP) is 3.15. The van der Waals surface area contributed by atoms with E-state index in [9.17, 15) is 0 Å². The molecule has 1 saturated carbocycles. The predicted molar refractivity (Wildman–Crippen MR) is 79.3 cm³/mol. The highest BCUT2D eigenvalue weighted by atomic mass is 79.9. The Hall–Kier alpha value is -1.23. The van der Waals surface area contributed by atoms with Crippen LogP contribution in [0.2, 0.25) is 0 Å². The highest BCUT2D eigenvalue weighted by Gasteiger charge is 2.44. The fourth-order valence-corrected chi connectivity index (χ4v) is 3.11. The largest absolute Gasteiger partial charge is 0.271 e. The number of hydrogen-bond donors (Lipinski definition) is 2. The van der Waals surface area contributed by atoms with Crippen molar-refractivity contribution in [3.8, 4) is 0 Å². The number of pyridine rings is 1. The van der Waals surface area contributed by atoms with Crippen LogP contribution in [0.3, 0.4) is 0 Å². The number of nitrogens with one attached hydrogen (secondary N) is 1. The maximum Gasteiger partial charge on any atom is 0.0509 e. The summed E-state index contributed by atoms with van der Waals surface area (Å²) in [5.74, 6) is 6.89. The van der Waals surface area contributed by atoms with E-state index < -0.39 is 0 Å². The van der Waals surface area contributed by atoms with E-state index in [-0.39, 0.29) is 6.04 Å². The fraction of sp³-hybridized carbons (Fsp3) is 0.267. The minimum absolute atomic E-state index is 0.162. The van der Waals surface area contributed by atoms with Crippen LogP contribution in [-0.4, -0.2) is 4.98 Å². The van der Waals surface area contributed by atoms with Gasteiger partial charge in [0.15, 0.2) is 0 Å². The molecule has 0 bridgehead atoms. The molecule has 1 fully saturated rings. The van der Waals surface area contributed by atoms with Crippen LogP contribution in [0.5, 0.6) is 0 Å². The summed E-state index contributed by atoms with van der Waals surface area (Å²) in [4.78, 5) is 4.22. The summed E-state index contributed by atoms with van der Waals surface area (Å²) in [5.41, 5.74) is 5.48. The minimum Gasteiger partial charge on any atom is -0.271 e. The van der Waals surface area contributed by atoms with Gasteiger partial charge < -0.3 is 0 Å². The van der Waals surface area contributed by atoms with Crippen molar-refractivity contribution in [3.63, 3.8) is 0 Å². The highest BCUT2D eigenvalue weighted by molar-refractivity contribution is 9.10. The van der Waals surface area contributed by atoms with Gasteiger partial charge in [-0.25, -0.2) is 0 Å². The minimum atomic E-state index is 0.162. The summed E-state index contributed by atoms with van der Waals surface area (Å²) in [5, 5.41) is 0. The summed E-state index contributed by atoms with van der Waals surface area (Å²) < 4.78 is 0.988. The first-order valence-corrected chi connectivity index (χ1v) is 7.20. The zero-order chi connectivity index (χ0) is 13.2. The molecule has 0 aliphatic heterocycles. The number of hydrogen-bond acceptors (Lipinski definition) is 3. The molecule has 3 rings (SSSR count). The van der Waals surface area contributed by atoms with E-state index in [1.54, 1.807) is 6.20 Å². The van der Waals surface area contributed by atoms with Gasteiger partial charge in [-0.1, -0.05) is 30.3 Å². The summed E-state index contributed by atoms with van der Waals surface area (Å²) in [7, 11) is 0. The third-order valence-corrected chi connectivity index (χ3v) is 4.19. The van der Waals surface area contributed by atoms with Crippen molar-refractivity contribution in [1.29, 1.82) is 0 Å². The Bertz CT molecular complexity index is 558. The molecular formula is C15H16BrN3. The zero-order valence-corrected chi connectivity index (χ0v) is 12.0. The maximum absolute atomic E-state index is 5.74. The molecule has 0 amide bonds. The SMILES string of the molecule is NNC(c1cncc(Br)c1)C1CC1c1ccccc1. The molecule has 1 aliphatic carbocycles. The summed E-state index contributed by atoms with van der Waals surface area (Å²) in [6, 6.07) is 12.9. The maximum atomic E-state index is 5.74. The van der Waals surface area contributed by atoms with Crippen molar-refractivity contribution in [2.24, 2.45) is 11.8 Å². The molecule has 3 nitrogen and oxygen atoms in total. The first-order valence-electron chi connectivity index (χ1n) is 6.41. The average molecular weight is 318 g/mol. The van der Waals surface area contributed by atoms with Crippen LogP contribution in [0.25, 0.3) is 0 Å². The van der Waals surface area contributed by atoms with Gasteiger partial charge in [0.2, 0.25) is 0 Å². The lowest BCUT2D eigenvalue weighted by molar-refractivity contribution is 0.486. The van der Waals surface area contributed by atoms with Gasteiger partial charge in [0.25, 0.3) is 0 Å². The monoisotopic (exact) mass is 317 g/mol. The van der Waals surface area contributed by atoms with Crippen molar-refractivity contribution in [3.05, 3.63) is 64.4 Å². The Morgan fingerprint density at radius 1 is 1.26 bits per heavy atom. The van der Waals surface area contributed by atoms with Crippen molar-refractivity contribution < 1.29 is 0 Å². The summed E-state index contributed by atoms with van der Waals surface area (Å²) in [6.45, 7) is 0. The highest BCUT2D eigenvalue weighted by Crippen LogP contribution is 2.53. The summed E-state index contributed by atoms with van der Waals surface area (Å²) in [6.07, 6.45) is 4.85. The van der Waals surface area contributed by atoms with Crippen LogP contribution in [0.15, 0.2) is 53.3 Å². The normalized spacial score (nSPS) is 23.1. The molecule has 3 unspecified atom stereocenters. The van der Waals surface area contributed by atoms with E-state index in [2.05, 4.69) is 62.7 Å². The van der Waals surface area contributed by atoms with Gasteiger partial charge in [-0.3, -0.25) is 16.3 Å². The number of hydrazine groups is 1. The van der Waals surface area contributed by atoms with Gasteiger partial charge in [-0.05, 0) is 51.4 Å². The lowest BCUT2D eigenvalue weighted by Crippen LogP contribution is -2.30.